The lowest BCUT2D eigenvalue weighted by molar-refractivity contribution is 0.00578. The molecule has 0 atom stereocenters. The fourth-order valence-corrected chi connectivity index (χ4v) is 12.7. The van der Waals surface area contributed by atoms with Crippen LogP contribution in [0.3, 0.4) is 0 Å². The Morgan fingerprint density at radius 1 is 0.341 bits per heavy atom. The molecular formula is C74H52BClN8O2S2. The number of fused-ring (bicyclic) bond motifs is 6. The van der Waals surface area contributed by atoms with E-state index in [1.165, 1.54) is 40.3 Å². The van der Waals surface area contributed by atoms with Gasteiger partial charge in [-0.25, -0.2) is 29.6 Å². The summed E-state index contributed by atoms with van der Waals surface area (Å²) in [5, 5.41) is 5.04. The van der Waals surface area contributed by atoms with Crippen LogP contribution in [0.15, 0.2) is 243 Å². The maximum Gasteiger partial charge on any atom is 0.494 e. The van der Waals surface area contributed by atoms with Gasteiger partial charge in [-0.05, 0) is 121 Å². The standard InChI is InChI=1S/C34H20N4S.C25H22BNO2S.C15H10ClN3/c1-35-27-16-12-22(13-17-27)25-14-18-30-28(20-25)29-21-26(15-19-31(29)39-30)34-37-32(23-8-4-2-5-9-23)36-33(38-34)24-10-6-3-7-11-24;1-24(2)25(3,4)29-26(28-24)18-9-13-23-21(15-18)20-14-17(8-12-22(20)30-23)16-6-10-19(27-5)11-7-16;16-15-18-13(11-7-3-1-4-8-11)17-14(19-15)12-9-5-2-6-10-12/h2-21H;6-15H,1-4H3;1-10H. The first-order chi connectivity index (χ1) is 42.8. The zero-order valence-corrected chi connectivity index (χ0v) is 50.6. The van der Waals surface area contributed by atoms with Crippen molar-refractivity contribution in [2.24, 2.45) is 0 Å². The van der Waals surface area contributed by atoms with Gasteiger partial charge in [-0.3, -0.25) is 0 Å². The number of benzene rings is 10. The van der Waals surface area contributed by atoms with Crippen molar-refractivity contribution in [3.63, 3.8) is 0 Å². The van der Waals surface area contributed by atoms with Crippen LogP contribution in [-0.2, 0) is 9.31 Å². The summed E-state index contributed by atoms with van der Waals surface area (Å²) < 4.78 is 17.5. The summed E-state index contributed by atoms with van der Waals surface area (Å²) >= 11 is 9.57. The molecule has 15 rings (SSSR count). The Balaban J connectivity index is 0.000000129. The van der Waals surface area contributed by atoms with Crippen LogP contribution < -0.4 is 5.46 Å². The molecule has 88 heavy (non-hydrogen) atoms. The van der Waals surface area contributed by atoms with E-state index in [1.807, 2.05) is 170 Å². The number of hydrogen-bond donors (Lipinski definition) is 0. The topological polar surface area (TPSA) is 105 Å². The lowest BCUT2D eigenvalue weighted by atomic mass is 9.78. The average molecular weight is 1200 g/mol. The lowest BCUT2D eigenvalue weighted by Crippen LogP contribution is -2.41. The molecule has 5 heterocycles. The second-order valence-corrected chi connectivity index (χ2v) is 24.5. The third-order valence-electron chi connectivity index (χ3n) is 15.8. The van der Waals surface area contributed by atoms with Crippen molar-refractivity contribution in [2.45, 2.75) is 38.9 Å². The van der Waals surface area contributed by atoms with Gasteiger partial charge in [0.05, 0.1) is 24.3 Å². The van der Waals surface area contributed by atoms with Crippen LogP contribution in [0, 0.1) is 13.1 Å². The third-order valence-corrected chi connectivity index (χ3v) is 18.2. The van der Waals surface area contributed by atoms with E-state index < -0.39 is 0 Å². The first-order valence-electron chi connectivity index (χ1n) is 28.5. The van der Waals surface area contributed by atoms with Crippen LogP contribution in [-0.4, -0.2) is 48.2 Å². The lowest BCUT2D eigenvalue weighted by Gasteiger charge is -2.32. The monoisotopic (exact) mass is 1190 g/mol. The van der Waals surface area contributed by atoms with Gasteiger partial charge in [-0.2, -0.15) is 9.97 Å². The summed E-state index contributed by atoms with van der Waals surface area (Å²) in [4.78, 5) is 34.4. The summed E-state index contributed by atoms with van der Waals surface area (Å²) in [5.41, 5.74) is 10.8. The average Bonchev–Trinajstić information content (AvgIpc) is 2.09. The van der Waals surface area contributed by atoms with E-state index >= 15 is 0 Å². The van der Waals surface area contributed by atoms with Crippen molar-refractivity contribution in [3.8, 4) is 79.2 Å². The molecule has 1 fully saturated rings. The minimum Gasteiger partial charge on any atom is -0.399 e. The van der Waals surface area contributed by atoms with Crippen molar-refractivity contribution in [1.29, 1.82) is 0 Å². The number of aromatic nitrogens is 6. The van der Waals surface area contributed by atoms with Gasteiger partial charge in [0.1, 0.15) is 0 Å². The zero-order valence-electron chi connectivity index (χ0n) is 48.3. The normalized spacial score (nSPS) is 13.1. The van der Waals surface area contributed by atoms with Gasteiger partial charge < -0.3 is 9.31 Å². The Hall–Kier alpha value is -10.1. The van der Waals surface area contributed by atoms with Gasteiger partial charge in [-0.15, -0.1) is 22.7 Å². The fraction of sp³-hybridized carbons (Fsp3) is 0.0811. The van der Waals surface area contributed by atoms with E-state index in [-0.39, 0.29) is 23.6 Å². The van der Waals surface area contributed by atoms with Gasteiger partial charge in [-0.1, -0.05) is 194 Å². The van der Waals surface area contributed by atoms with E-state index in [0.717, 1.165) is 55.5 Å². The highest BCUT2D eigenvalue weighted by Crippen LogP contribution is 2.41. The first kappa shape index (κ1) is 57.0. The Bertz CT molecular complexity index is 4830. The second kappa shape index (κ2) is 24.4. The molecule has 1 aliphatic rings. The van der Waals surface area contributed by atoms with Crippen LogP contribution in [0.2, 0.25) is 5.28 Å². The molecule has 0 amide bonds. The molecule has 0 bridgehead atoms. The van der Waals surface area contributed by atoms with Crippen LogP contribution >= 0.6 is 34.3 Å². The minimum absolute atomic E-state index is 0.202. The molecule has 0 unspecified atom stereocenters. The van der Waals surface area contributed by atoms with Gasteiger partial charge in [0.15, 0.2) is 40.5 Å². The van der Waals surface area contributed by atoms with Crippen LogP contribution in [0.4, 0.5) is 11.4 Å². The van der Waals surface area contributed by atoms with E-state index in [2.05, 4.69) is 125 Å². The number of thiophene rings is 2. The van der Waals surface area contributed by atoms with Gasteiger partial charge in [0.2, 0.25) is 5.28 Å². The van der Waals surface area contributed by atoms with Crippen molar-refractivity contribution in [2.75, 3.05) is 0 Å². The Labute approximate surface area is 523 Å². The smallest absolute Gasteiger partial charge is 0.399 e. The second-order valence-electron chi connectivity index (χ2n) is 22.0. The Kier molecular flexibility index (Phi) is 15.8. The minimum atomic E-state index is -0.362. The van der Waals surface area contributed by atoms with Gasteiger partial charge in [0, 0.05) is 62.8 Å². The molecule has 0 spiro atoms. The van der Waals surface area contributed by atoms with E-state index in [4.69, 9.17) is 49.0 Å². The quantitative estimate of drug-likeness (QED) is 0.109. The van der Waals surface area contributed by atoms with E-state index in [0.29, 0.717) is 40.5 Å². The summed E-state index contributed by atoms with van der Waals surface area (Å²) in [5.74, 6) is 3.12. The van der Waals surface area contributed by atoms with Crippen LogP contribution in [0.5, 0.6) is 0 Å². The predicted octanol–water partition coefficient (Wildman–Crippen LogP) is 19.9. The van der Waals surface area contributed by atoms with Crippen molar-refractivity contribution >= 4 is 98.6 Å². The van der Waals surface area contributed by atoms with Gasteiger partial charge in [0.25, 0.3) is 0 Å². The molecule has 10 aromatic carbocycles. The highest BCUT2D eigenvalue weighted by molar-refractivity contribution is 7.26. The molecule has 14 aromatic rings. The highest BCUT2D eigenvalue weighted by atomic mass is 35.5. The number of halogens is 1. The van der Waals surface area contributed by atoms with Crippen molar-refractivity contribution in [1.82, 2.24) is 29.9 Å². The Morgan fingerprint density at radius 2 is 0.636 bits per heavy atom. The Morgan fingerprint density at radius 3 is 1.00 bits per heavy atom. The molecule has 10 nitrogen and oxygen atoms in total. The van der Waals surface area contributed by atoms with Crippen LogP contribution in [0.25, 0.3) is 129 Å². The SMILES string of the molecule is Clc1nc(-c2ccccc2)nc(-c2ccccc2)n1.[C-]#[N+]c1ccc(-c2ccc3sc4ccc(-c5nc(-c6ccccc6)nc(-c6ccccc6)n5)cc4c3c2)cc1.[C-]#[N+]c1ccc(-c2ccc3sc4ccc(B5OC(C)(C)C(C)(C)O5)cc4c3c2)cc1. The van der Waals surface area contributed by atoms with Gasteiger partial charge >= 0.3 is 7.12 Å². The fourth-order valence-electron chi connectivity index (χ4n) is 10.4. The van der Waals surface area contributed by atoms with Crippen LogP contribution in [0.1, 0.15) is 27.7 Å². The van der Waals surface area contributed by atoms with Crippen molar-refractivity contribution in [3.05, 3.63) is 271 Å². The highest BCUT2D eigenvalue weighted by Gasteiger charge is 2.51. The summed E-state index contributed by atoms with van der Waals surface area (Å²) in [6, 6.07) is 81.1. The molecule has 14 heteroatoms. The molecular weight excluding hydrogens is 1140 g/mol. The molecule has 0 radical (unpaired) electrons. The summed E-state index contributed by atoms with van der Waals surface area (Å²) in [6.07, 6.45) is 0. The molecule has 0 N–H and O–H groups in total. The molecule has 0 aliphatic carbocycles. The molecule has 4 aromatic heterocycles. The molecule has 1 aliphatic heterocycles. The molecule has 0 saturated carbocycles. The first-order valence-corrected chi connectivity index (χ1v) is 30.5. The molecule has 1 saturated heterocycles. The zero-order chi connectivity index (χ0) is 60.4. The number of hydrogen-bond acceptors (Lipinski definition) is 10. The number of nitrogens with zero attached hydrogens (tertiary/aromatic N) is 8. The largest absolute Gasteiger partial charge is 0.494 e. The van der Waals surface area contributed by atoms with E-state index in [1.54, 1.807) is 22.7 Å². The number of rotatable bonds is 8. The summed E-state index contributed by atoms with van der Waals surface area (Å²) in [7, 11) is -0.362. The third kappa shape index (κ3) is 11.9. The summed E-state index contributed by atoms with van der Waals surface area (Å²) in [6.45, 7) is 22.7. The van der Waals surface area contributed by atoms with Crippen molar-refractivity contribution < 1.29 is 9.31 Å². The maximum absolute atomic E-state index is 7.22. The predicted molar refractivity (Wildman–Crippen MR) is 363 cm³/mol. The maximum atomic E-state index is 7.22. The molecule has 422 valence electrons. The van der Waals surface area contributed by atoms with E-state index in [9.17, 15) is 0 Å².